The van der Waals surface area contributed by atoms with Crippen LogP contribution in [0.3, 0.4) is 0 Å². The lowest BCUT2D eigenvalue weighted by molar-refractivity contribution is -0.385. The zero-order valence-electron chi connectivity index (χ0n) is 10.1. The first-order valence-corrected chi connectivity index (χ1v) is 5.43. The Hall–Kier alpha value is -1.76. The van der Waals surface area contributed by atoms with Crippen LogP contribution in [0.25, 0.3) is 0 Å². The molecule has 100 valence electrons. The van der Waals surface area contributed by atoms with Crippen LogP contribution in [0.5, 0.6) is 0 Å². The van der Waals surface area contributed by atoms with Gasteiger partial charge in [0.2, 0.25) is 0 Å². The first-order valence-electron chi connectivity index (χ1n) is 5.43. The Labute approximate surface area is 103 Å². The zero-order chi connectivity index (χ0) is 13.7. The molecule has 2 N–H and O–H groups in total. The first-order chi connectivity index (χ1) is 8.45. The second-order valence-corrected chi connectivity index (χ2v) is 3.90. The highest BCUT2D eigenvalue weighted by Gasteiger charge is 2.17. The monoisotopic (exact) mass is 259 g/mol. The van der Waals surface area contributed by atoms with Crippen molar-refractivity contribution in [1.29, 1.82) is 0 Å². The van der Waals surface area contributed by atoms with E-state index in [2.05, 4.69) is 10.6 Å². The van der Waals surface area contributed by atoms with E-state index in [1.807, 2.05) is 6.92 Å². The minimum Gasteiger partial charge on any atom is -0.383 e. The van der Waals surface area contributed by atoms with E-state index in [0.29, 0.717) is 6.54 Å². The van der Waals surface area contributed by atoms with Gasteiger partial charge < -0.3 is 10.6 Å². The maximum Gasteiger partial charge on any atom is 0.270 e. The minimum absolute atomic E-state index is 0.103. The van der Waals surface area contributed by atoms with Gasteiger partial charge in [-0.15, -0.1) is 0 Å². The van der Waals surface area contributed by atoms with Crippen molar-refractivity contribution < 1.29 is 13.7 Å². The smallest absolute Gasteiger partial charge is 0.270 e. The van der Waals surface area contributed by atoms with Gasteiger partial charge in [-0.2, -0.15) is 0 Å². The summed E-state index contributed by atoms with van der Waals surface area (Å²) in [4.78, 5) is 9.84. The van der Waals surface area contributed by atoms with Crippen molar-refractivity contribution in [3.05, 3.63) is 33.9 Å². The number of hydrogen-bond donors (Lipinski definition) is 2. The Balaban J connectivity index is 2.93. The fourth-order valence-corrected chi connectivity index (χ4v) is 1.37. The van der Waals surface area contributed by atoms with Crippen molar-refractivity contribution in [2.45, 2.75) is 19.4 Å². The van der Waals surface area contributed by atoms with Gasteiger partial charge in [-0.05, 0) is 20.0 Å². The summed E-state index contributed by atoms with van der Waals surface area (Å²) in [6, 6.07) is 3.52. The average molecular weight is 259 g/mol. The Morgan fingerprint density at radius 3 is 2.61 bits per heavy atom. The predicted octanol–water partition coefficient (Wildman–Crippen LogP) is 2.55. The molecular formula is C11H15F2N3O2. The van der Waals surface area contributed by atoms with Crippen LogP contribution >= 0.6 is 0 Å². The van der Waals surface area contributed by atoms with Crippen LogP contribution in [0.2, 0.25) is 0 Å². The minimum atomic E-state index is -2.75. The van der Waals surface area contributed by atoms with Crippen LogP contribution in [-0.4, -0.2) is 24.6 Å². The number of nitro groups is 1. The van der Waals surface area contributed by atoms with Crippen molar-refractivity contribution in [2.24, 2.45) is 0 Å². The van der Waals surface area contributed by atoms with Crippen molar-refractivity contribution in [1.82, 2.24) is 5.32 Å². The van der Waals surface area contributed by atoms with E-state index in [9.17, 15) is 18.9 Å². The summed E-state index contributed by atoms with van der Waals surface area (Å²) >= 11 is 0. The van der Waals surface area contributed by atoms with Crippen LogP contribution < -0.4 is 10.6 Å². The third-order valence-electron chi connectivity index (χ3n) is 2.57. The van der Waals surface area contributed by atoms with E-state index >= 15 is 0 Å². The molecule has 0 saturated heterocycles. The second-order valence-electron chi connectivity index (χ2n) is 3.90. The number of benzene rings is 1. The molecule has 1 rings (SSSR count). The van der Waals surface area contributed by atoms with Gasteiger partial charge in [0.05, 0.1) is 4.92 Å². The van der Waals surface area contributed by atoms with Crippen molar-refractivity contribution in [3.8, 4) is 0 Å². The molecule has 0 bridgehead atoms. The molecule has 0 aromatic heterocycles. The summed E-state index contributed by atoms with van der Waals surface area (Å²) < 4.78 is 25.6. The normalized spacial score (nSPS) is 12.5. The largest absolute Gasteiger partial charge is 0.383 e. The molecule has 0 amide bonds. The standard InChI is InChI=1S/C11H15F2N3O2/c1-7(14-2)6-15-10-4-3-8(16(17)18)5-9(10)11(12)13/h3-5,7,11,14-15H,6H2,1-2H3. The summed E-state index contributed by atoms with van der Waals surface area (Å²) in [6.07, 6.45) is -2.75. The molecule has 0 aliphatic rings. The average Bonchev–Trinajstić information content (AvgIpc) is 2.35. The van der Waals surface area contributed by atoms with Gasteiger partial charge in [-0.3, -0.25) is 10.1 Å². The van der Waals surface area contributed by atoms with Gasteiger partial charge in [0.15, 0.2) is 0 Å². The number of non-ortho nitro benzene ring substituents is 1. The number of alkyl halides is 2. The number of likely N-dealkylation sites (N-methyl/N-ethyl adjacent to an activating group) is 1. The first kappa shape index (κ1) is 14.3. The highest BCUT2D eigenvalue weighted by Crippen LogP contribution is 2.30. The predicted molar refractivity (Wildman–Crippen MR) is 65.1 cm³/mol. The van der Waals surface area contributed by atoms with E-state index in [0.717, 1.165) is 6.07 Å². The van der Waals surface area contributed by atoms with Gasteiger partial charge >= 0.3 is 0 Å². The molecule has 0 spiro atoms. The summed E-state index contributed by atoms with van der Waals surface area (Å²) in [5.41, 5.74) is -0.470. The molecule has 1 aromatic rings. The zero-order valence-corrected chi connectivity index (χ0v) is 10.1. The van der Waals surface area contributed by atoms with Crippen LogP contribution in [-0.2, 0) is 0 Å². The molecule has 1 unspecified atom stereocenters. The summed E-state index contributed by atoms with van der Waals surface area (Å²) in [5.74, 6) is 0. The van der Waals surface area contributed by atoms with Crippen molar-refractivity contribution >= 4 is 11.4 Å². The molecule has 0 aliphatic heterocycles. The topological polar surface area (TPSA) is 67.2 Å². The molecule has 5 nitrogen and oxygen atoms in total. The van der Waals surface area contributed by atoms with Gasteiger partial charge in [-0.25, -0.2) is 8.78 Å². The maximum absolute atomic E-state index is 12.8. The molecule has 0 saturated carbocycles. The quantitative estimate of drug-likeness (QED) is 0.608. The number of rotatable bonds is 6. The molecule has 0 heterocycles. The summed E-state index contributed by atoms with van der Waals surface area (Å²) in [6.45, 7) is 2.34. The fraction of sp³-hybridized carbons (Fsp3) is 0.455. The number of hydrogen-bond acceptors (Lipinski definition) is 4. The third kappa shape index (κ3) is 3.63. The molecule has 0 radical (unpaired) electrons. The van der Waals surface area contributed by atoms with Gasteiger partial charge in [0, 0.05) is 36.0 Å². The van der Waals surface area contributed by atoms with E-state index in [4.69, 9.17) is 0 Å². The molecule has 7 heteroatoms. The Kier molecular flexibility index (Phi) is 4.96. The van der Waals surface area contributed by atoms with E-state index in [1.54, 1.807) is 7.05 Å². The van der Waals surface area contributed by atoms with Gasteiger partial charge in [-0.1, -0.05) is 0 Å². The number of anilines is 1. The van der Waals surface area contributed by atoms with Gasteiger partial charge in [0.25, 0.3) is 12.1 Å². The van der Waals surface area contributed by atoms with E-state index in [-0.39, 0.29) is 23.0 Å². The van der Waals surface area contributed by atoms with Crippen LogP contribution in [0.4, 0.5) is 20.2 Å². The lowest BCUT2D eigenvalue weighted by Crippen LogP contribution is -2.29. The highest BCUT2D eigenvalue weighted by molar-refractivity contribution is 5.56. The lowest BCUT2D eigenvalue weighted by Gasteiger charge is -2.15. The number of nitrogens with zero attached hydrogens (tertiary/aromatic N) is 1. The van der Waals surface area contributed by atoms with Crippen LogP contribution in [0.15, 0.2) is 18.2 Å². The van der Waals surface area contributed by atoms with Crippen molar-refractivity contribution in [3.63, 3.8) is 0 Å². The fourth-order valence-electron chi connectivity index (χ4n) is 1.37. The third-order valence-corrected chi connectivity index (χ3v) is 2.57. The summed E-state index contributed by atoms with van der Waals surface area (Å²) in [7, 11) is 1.76. The lowest BCUT2D eigenvalue weighted by atomic mass is 10.1. The number of nitro benzene ring substituents is 1. The van der Waals surface area contributed by atoms with Crippen LogP contribution in [0, 0.1) is 10.1 Å². The molecule has 1 atom stereocenters. The molecule has 0 fully saturated rings. The number of nitrogens with one attached hydrogen (secondary N) is 2. The molecule has 1 aromatic carbocycles. The second kappa shape index (κ2) is 6.25. The number of halogens is 2. The van der Waals surface area contributed by atoms with Gasteiger partial charge in [0.1, 0.15) is 0 Å². The molecular weight excluding hydrogens is 244 g/mol. The maximum atomic E-state index is 12.8. The highest BCUT2D eigenvalue weighted by atomic mass is 19.3. The van der Waals surface area contributed by atoms with E-state index < -0.39 is 11.3 Å². The van der Waals surface area contributed by atoms with E-state index in [1.165, 1.54) is 12.1 Å². The summed E-state index contributed by atoms with van der Waals surface area (Å²) in [5, 5.41) is 16.3. The Morgan fingerprint density at radius 1 is 1.44 bits per heavy atom. The Morgan fingerprint density at radius 2 is 2.11 bits per heavy atom. The molecule has 0 aliphatic carbocycles. The van der Waals surface area contributed by atoms with Crippen LogP contribution in [0.1, 0.15) is 18.9 Å². The SMILES string of the molecule is CNC(C)CNc1ccc([N+](=O)[O-])cc1C(F)F. The Bertz CT molecular complexity index is 427. The molecule has 18 heavy (non-hydrogen) atoms. The van der Waals surface area contributed by atoms with Crippen molar-refractivity contribution in [2.75, 3.05) is 18.9 Å².